The van der Waals surface area contributed by atoms with Crippen molar-refractivity contribution < 1.29 is 9.53 Å². The molecule has 0 aliphatic carbocycles. The average molecular weight is 303 g/mol. The minimum Gasteiger partial charge on any atom is -0.489 e. The van der Waals surface area contributed by atoms with Crippen LogP contribution in [-0.2, 0) is 11.4 Å². The number of aldehydes is 1. The first-order valence-electron chi connectivity index (χ1n) is 5.75. The van der Waals surface area contributed by atoms with Crippen LogP contribution in [-0.4, -0.2) is 6.29 Å². The smallest absolute Gasteiger partial charge is 0.132 e. The maximum Gasteiger partial charge on any atom is 0.132 e. The molecule has 1 aliphatic rings. The first-order valence-corrected chi connectivity index (χ1v) is 6.54. The van der Waals surface area contributed by atoms with Gasteiger partial charge >= 0.3 is 0 Å². The second-order valence-corrected chi connectivity index (χ2v) is 5.20. The quantitative estimate of drug-likeness (QED) is 0.751. The van der Waals surface area contributed by atoms with Gasteiger partial charge in [0.1, 0.15) is 18.6 Å². The average Bonchev–Trinajstić information content (AvgIpc) is 2.54. The van der Waals surface area contributed by atoms with E-state index in [9.17, 15) is 4.79 Å². The zero-order valence-corrected chi connectivity index (χ0v) is 11.2. The summed E-state index contributed by atoms with van der Waals surface area (Å²) in [5.41, 5.74) is 3.02. The number of ether oxygens (including phenoxy) is 1. The third kappa shape index (κ3) is 1.85. The van der Waals surface area contributed by atoms with E-state index in [1.807, 2.05) is 42.5 Å². The molecule has 0 aromatic heterocycles. The zero-order chi connectivity index (χ0) is 12.5. The second-order valence-electron chi connectivity index (χ2n) is 4.28. The molecule has 1 atom stereocenters. The molecule has 3 heteroatoms. The molecule has 0 fully saturated rings. The van der Waals surface area contributed by atoms with Crippen molar-refractivity contribution in [2.24, 2.45) is 0 Å². The Morgan fingerprint density at radius 1 is 1.17 bits per heavy atom. The van der Waals surface area contributed by atoms with Gasteiger partial charge in [0, 0.05) is 10.0 Å². The van der Waals surface area contributed by atoms with Crippen molar-refractivity contribution in [1.82, 2.24) is 0 Å². The predicted molar refractivity (Wildman–Crippen MR) is 72.8 cm³/mol. The summed E-state index contributed by atoms with van der Waals surface area (Å²) in [6.07, 6.45) is 0.985. The highest BCUT2D eigenvalue weighted by atomic mass is 79.9. The van der Waals surface area contributed by atoms with Crippen molar-refractivity contribution >= 4 is 22.2 Å². The summed E-state index contributed by atoms with van der Waals surface area (Å²) in [5.74, 6) is 0.530. The Morgan fingerprint density at radius 3 is 2.83 bits per heavy atom. The summed E-state index contributed by atoms with van der Waals surface area (Å²) in [6.45, 7) is 0.509. The molecule has 2 nitrogen and oxygen atoms in total. The van der Waals surface area contributed by atoms with Gasteiger partial charge in [0.05, 0.1) is 5.92 Å². The van der Waals surface area contributed by atoms with Crippen LogP contribution in [0.4, 0.5) is 0 Å². The highest BCUT2D eigenvalue weighted by molar-refractivity contribution is 9.10. The van der Waals surface area contributed by atoms with E-state index >= 15 is 0 Å². The molecule has 1 unspecified atom stereocenters. The molecule has 2 aromatic carbocycles. The number of benzene rings is 2. The lowest BCUT2D eigenvalue weighted by Crippen LogP contribution is -2.03. The summed E-state index contributed by atoms with van der Waals surface area (Å²) in [5, 5.41) is 0. The molecule has 0 saturated heterocycles. The van der Waals surface area contributed by atoms with Crippen LogP contribution in [0, 0.1) is 0 Å². The van der Waals surface area contributed by atoms with Gasteiger partial charge in [0.25, 0.3) is 0 Å². The molecule has 1 heterocycles. The minimum atomic E-state index is -0.254. The first kappa shape index (κ1) is 11.5. The highest BCUT2D eigenvalue weighted by Gasteiger charge is 2.24. The van der Waals surface area contributed by atoms with Crippen molar-refractivity contribution in [3.63, 3.8) is 0 Å². The third-order valence-electron chi connectivity index (χ3n) is 3.22. The van der Waals surface area contributed by atoms with Gasteiger partial charge in [-0.05, 0) is 29.3 Å². The van der Waals surface area contributed by atoms with Crippen molar-refractivity contribution in [3.05, 3.63) is 63.6 Å². The zero-order valence-electron chi connectivity index (χ0n) is 9.60. The highest BCUT2D eigenvalue weighted by Crippen LogP contribution is 2.37. The van der Waals surface area contributed by atoms with Gasteiger partial charge in [-0.25, -0.2) is 0 Å². The van der Waals surface area contributed by atoms with E-state index in [0.717, 1.165) is 33.2 Å². The Hall–Kier alpha value is -1.61. The summed E-state index contributed by atoms with van der Waals surface area (Å²) >= 11 is 3.44. The number of rotatable bonds is 1. The van der Waals surface area contributed by atoms with Gasteiger partial charge in [-0.2, -0.15) is 0 Å². The standard InChI is InChI=1S/C15H11BrO2/c16-11-5-6-15-13(7-11)14(8-17)12-4-2-1-3-10(12)9-18-15/h1-8,14H,9H2. The summed E-state index contributed by atoms with van der Waals surface area (Å²) < 4.78 is 6.74. The second kappa shape index (κ2) is 4.58. The van der Waals surface area contributed by atoms with Crippen LogP contribution < -0.4 is 4.74 Å². The van der Waals surface area contributed by atoms with E-state index in [1.165, 1.54) is 0 Å². The molecule has 3 rings (SSSR count). The van der Waals surface area contributed by atoms with Crippen molar-refractivity contribution in [2.45, 2.75) is 12.5 Å². The van der Waals surface area contributed by atoms with E-state index in [4.69, 9.17) is 4.74 Å². The monoisotopic (exact) mass is 302 g/mol. The van der Waals surface area contributed by atoms with Crippen LogP contribution in [0.3, 0.4) is 0 Å². The van der Waals surface area contributed by atoms with Crippen molar-refractivity contribution in [1.29, 1.82) is 0 Å². The van der Waals surface area contributed by atoms with E-state index in [0.29, 0.717) is 6.61 Å². The summed E-state index contributed by atoms with van der Waals surface area (Å²) in [4.78, 5) is 11.5. The fourth-order valence-corrected chi connectivity index (χ4v) is 2.71. The number of hydrogen-bond donors (Lipinski definition) is 0. The largest absolute Gasteiger partial charge is 0.489 e. The van der Waals surface area contributed by atoms with Crippen molar-refractivity contribution in [2.75, 3.05) is 0 Å². The van der Waals surface area contributed by atoms with E-state index < -0.39 is 0 Å². The van der Waals surface area contributed by atoms with Gasteiger partial charge < -0.3 is 9.53 Å². The Labute approximate surface area is 114 Å². The van der Waals surface area contributed by atoms with Gasteiger partial charge in [0.15, 0.2) is 0 Å². The molecule has 90 valence electrons. The molecule has 18 heavy (non-hydrogen) atoms. The van der Waals surface area contributed by atoms with Gasteiger partial charge in [-0.15, -0.1) is 0 Å². The van der Waals surface area contributed by atoms with Gasteiger partial charge in [-0.3, -0.25) is 0 Å². The summed E-state index contributed by atoms with van der Waals surface area (Å²) in [6, 6.07) is 13.7. The Kier molecular flexibility index (Phi) is 2.92. The maximum atomic E-state index is 11.5. The predicted octanol–water partition coefficient (Wildman–Crippen LogP) is 3.67. The molecule has 0 spiro atoms. The third-order valence-corrected chi connectivity index (χ3v) is 3.71. The van der Waals surface area contributed by atoms with Crippen LogP contribution in [0.1, 0.15) is 22.6 Å². The van der Waals surface area contributed by atoms with Crippen LogP contribution in [0.25, 0.3) is 0 Å². The first-order chi connectivity index (χ1) is 8.79. The SMILES string of the molecule is O=CC1c2ccccc2COc2ccc(Br)cc21. The fraction of sp³-hybridized carbons (Fsp3) is 0.133. The van der Waals surface area contributed by atoms with Crippen LogP contribution in [0.15, 0.2) is 46.9 Å². The van der Waals surface area contributed by atoms with Crippen LogP contribution in [0.5, 0.6) is 5.75 Å². The van der Waals surface area contributed by atoms with Crippen molar-refractivity contribution in [3.8, 4) is 5.75 Å². The Morgan fingerprint density at radius 2 is 2.00 bits per heavy atom. The van der Waals surface area contributed by atoms with E-state index in [2.05, 4.69) is 15.9 Å². The number of hydrogen-bond acceptors (Lipinski definition) is 2. The maximum absolute atomic E-state index is 11.5. The topological polar surface area (TPSA) is 26.3 Å². The molecule has 0 bridgehead atoms. The number of halogens is 1. The molecule has 2 aromatic rings. The molecular weight excluding hydrogens is 292 g/mol. The lowest BCUT2D eigenvalue weighted by atomic mass is 9.90. The van der Waals surface area contributed by atoms with Crippen LogP contribution >= 0.6 is 15.9 Å². The molecule has 0 amide bonds. The lowest BCUT2D eigenvalue weighted by Gasteiger charge is -2.12. The number of carbonyl (C=O) groups excluding carboxylic acids is 1. The van der Waals surface area contributed by atoms with E-state index in [1.54, 1.807) is 0 Å². The minimum absolute atomic E-state index is 0.254. The number of fused-ring (bicyclic) bond motifs is 2. The normalized spacial score (nSPS) is 17.1. The van der Waals surface area contributed by atoms with E-state index in [-0.39, 0.29) is 5.92 Å². The molecular formula is C15H11BrO2. The molecule has 1 aliphatic heterocycles. The lowest BCUT2D eigenvalue weighted by molar-refractivity contribution is -0.108. The van der Waals surface area contributed by atoms with Gasteiger partial charge in [0.2, 0.25) is 0 Å². The van der Waals surface area contributed by atoms with Crippen LogP contribution in [0.2, 0.25) is 0 Å². The Balaban J connectivity index is 2.23. The van der Waals surface area contributed by atoms with Gasteiger partial charge in [-0.1, -0.05) is 40.2 Å². The fourth-order valence-electron chi connectivity index (χ4n) is 2.33. The molecule has 0 saturated carbocycles. The summed E-state index contributed by atoms with van der Waals surface area (Å²) in [7, 11) is 0. The number of carbonyl (C=O) groups is 1. The molecule has 0 radical (unpaired) electrons. The Bertz CT molecular complexity index is 607. The molecule has 0 N–H and O–H groups in total.